The second kappa shape index (κ2) is 9.05. The Morgan fingerprint density at radius 1 is 1.34 bits per heavy atom. The van der Waals surface area contributed by atoms with Crippen LogP contribution in [0.3, 0.4) is 0 Å². The third-order valence-corrected chi connectivity index (χ3v) is 6.15. The van der Waals surface area contributed by atoms with E-state index in [0.717, 1.165) is 32.0 Å². The molecule has 1 N–H and O–H groups in total. The van der Waals surface area contributed by atoms with Gasteiger partial charge in [0.2, 0.25) is 0 Å². The number of anilines is 1. The minimum atomic E-state index is -0.425. The lowest BCUT2D eigenvalue weighted by molar-refractivity contribution is 0.102. The van der Waals surface area contributed by atoms with Gasteiger partial charge >= 0.3 is 0 Å². The SMILES string of the molecule is COC[C@@H]1C[C@H](n2cc(NC(=O)c3cccc(F)c3)cn2)CN1CC1CCCC1. The molecule has 2 aliphatic rings. The predicted molar refractivity (Wildman–Crippen MR) is 109 cm³/mol. The number of aromatic nitrogens is 2. The molecule has 1 aromatic carbocycles. The summed E-state index contributed by atoms with van der Waals surface area (Å²) in [5.41, 5.74) is 0.915. The maximum atomic E-state index is 13.3. The van der Waals surface area contributed by atoms with E-state index in [2.05, 4.69) is 15.3 Å². The lowest BCUT2D eigenvalue weighted by atomic mass is 10.1. The second-order valence-electron chi connectivity index (χ2n) is 8.28. The predicted octanol–water partition coefficient (Wildman–Crippen LogP) is 3.73. The fourth-order valence-corrected chi connectivity index (χ4v) is 4.70. The topological polar surface area (TPSA) is 59.4 Å². The number of carbonyl (C=O) groups excluding carboxylic acids is 1. The molecular weight excluding hydrogens is 371 g/mol. The van der Waals surface area contributed by atoms with Gasteiger partial charge in [0.25, 0.3) is 5.91 Å². The Morgan fingerprint density at radius 3 is 2.93 bits per heavy atom. The molecule has 2 heterocycles. The normalized spacial score (nSPS) is 23.0. The van der Waals surface area contributed by atoms with Crippen LogP contribution in [0.5, 0.6) is 0 Å². The van der Waals surface area contributed by atoms with Crippen LogP contribution < -0.4 is 5.32 Å². The molecule has 7 heteroatoms. The Balaban J connectivity index is 1.39. The van der Waals surface area contributed by atoms with Gasteiger partial charge in [-0.1, -0.05) is 18.9 Å². The van der Waals surface area contributed by atoms with E-state index in [0.29, 0.717) is 17.3 Å². The smallest absolute Gasteiger partial charge is 0.255 e. The van der Waals surface area contributed by atoms with E-state index in [9.17, 15) is 9.18 Å². The number of rotatable bonds is 7. The van der Waals surface area contributed by atoms with Gasteiger partial charge in [0.1, 0.15) is 5.82 Å². The van der Waals surface area contributed by atoms with Crippen molar-refractivity contribution in [3.63, 3.8) is 0 Å². The van der Waals surface area contributed by atoms with Gasteiger partial charge in [0.05, 0.1) is 24.5 Å². The van der Waals surface area contributed by atoms with E-state index in [1.54, 1.807) is 19.4 Å². The molecule has 2 fully saturated rings. The molecule has 2 atom stereocenters. The van der Waals surface area contributed by atoms with Crippen molar-refractivity contribution in [1.29, 1.82) is 0 Å². The zero-order valence-electron chi connectivity index (χ0n) is 16.9. The molecule has 1 aliphatic heterocycles. The number of ether oxygens (including phenoxy) is 1. The Hall–Kier alpha value is -2.25. The zero-order chi connectivity index (χ0) is 20.2. The van der Waals surface area contributed by atoms with Gasteiger partial charge in [-0.25, -0.2) is 4.39 Å². The molecule has 0 bridgehead atoms. The standard InChI is InChI=1S/C22H29FN4O2/c1-29-15-21-10-20(14-26(21)12-16-5-2-3-6-16)27-13-19(11-24-27)25-22(28)17-7-4-8-18(23)9-17/h4,7-9,11,13,16,20-21H,2-3,5-6,10,12,14-15H2,1H3,(H,25,28)/t20-,21-/m0/s1. The van der Waals surface area contributed by atoms with Crippen LogP contribution in [0.25, 0.3) is 0 Å². The summed E-state index contributed by atoms with van der Waals surface area (Å²) in [6.07, 6.45) is 9.87. The largest absolute Gasteiger partial charge is 0.383 e. The minimum absolute atomic E-state index is 0.261. The minimum Gasteiger partial charge on any atom is -0.383 e. The van der Waals surface area contributed by atoms with E-state index >= 15 is 0 Å². The fourth-order valence-electron chi connectivity index (χ4n) is 4.70. The van der Waals surface area contributed by atoms with Gasteiger partial charge in [-0.2, -0.15) is 5.10 Å². The summed E-state index contributed by atoms with van der Waals surface area (Å²) in [5.74, 6) is 0.0354. The Labute approximate surface area is 171 Å². The van der Waals surface area contributed by atoms with E-state index in [1.165, 1.54) is 43.9 Å². The number of nitrogens with zero attached hydrogens (tertiary/aromatic N) is 3. The Bertz CT molecular complexity index is 834. The van der Waals surface area contributed by atoms with Crippen molar-refractivity contribution in [2.75, 3.05) is 32.1 Å². The van der Waals surface area contributed by atoms with Crippen molar-refractivity contribution in [3.05, 3.63) is 48.0 Å². The highest BCUT2D eigenvalue weighted by atomic mass is 19.1. The maximum Gasteiger partial charge on any atom is 0.255 e. The van der Waals surface area contributed by atoms with Gasteiger partial charge in [0.15, 0.2) is 0 Å². The average molecular weight is 400 g/mol. The molecule has 0 radical (unpaired) electrons. The molecule has 1 aromatic heterocycles. The zero-order valence-corrected chi connectivity index (χ0v) is 16.9. The monoisotopic (exact) mass is 400 g/mol. The lowest BCUT2D eigenvalue weighted by Gasteiger charge is -2.26. The first kappa shape index (κ1) is 20.0. The number of methoxy groups -OCH3 is 1. The summed E-state index contributed by atoms with van der Waals surface area (Å²) < 4.78 is 20.8. The van der Waals surface area contributed by atoms with Gasteiger partial charge in [-0.15, -0.1) is 0 Å². The number of carbonyl (C=O) groups is 1. The maximum absolute atomic E-state index is 13.3. The Kier molecular flexibility index (Phi) is 6.25. The van der Waals surface area contributed by atoms with Crippen LogP contribution in [0.15, 0.2) is 36.7 Å². The van der Waals surface area contributed by atoms with Crippen molar-refractivity contribution in [1.82, 2.24) is 14.7 Å². The second-order valence-corrected chi connectivity index (χ2v) is 8.28. The third kappa shape index (κ3) is 4.85. The van der Waals surface area contributed by atoms with Gasteiger partial charge in [0, 0.05) is 38.0 Å². The highest BCUT2D eigenvalue weighted by Gasteiger charge is 2.35. The molecule has 1 amide bonds. The highest BCUT2D eigenvalue weighted by molar-refractivity contribution is 6.04. The molecule has 1 saturated carbocycles. The summed E-state index contributed by atoms with van der Waals surface area (Å²) >= 11 is 0. The van der Waals surface area contributed by atoms with Crippen LogP contribution in [-0.4, -0.2) is 53.4 Å². The molecule has 1 saturated heterocycles. The molecule has 2 aromatic rings. The van der Waals surface area contributed by atoms with Crippen LogP contribution in [0.4, 0.5) is 10.1 Å². The van der Waals surface area contributed by atoms with Crippen molar-refractivity contribution in [3.8, 4) is 0 Å². The molecule has 1 aliphatic carbocycles. The lowest BCUT2D eigenvalue weighted by Crippen LogP contribution is -2.36. The Morgan fingerprint density at radius 2 is 2.17 bits per heavy atom. The average Bonchev–Trinajstić information content (AvgIpc) is 3.45. The first-order chi connectivity index (χ1) is 14.1. The van der Waals surface area contributed by atoms with Crippen molar-refractivity contribution < 1.29 is 13.9 Å². The van der Waals surface area contributed by atoms with Gasteiger partial charge in [-0.05, 0) is 43.4 Å². The summed E-state index contributed by atoms with van der Waals surface area (Å²) in [7, 11) is 1.76. The molecule has 0 spiro atoms. The summed E-state index contributed by atoms with van der Waals surface area (Å²) in [5, 5.41) is 7.29. The fraction of sp³-hybridized carbons (Fsp3) is 0.545. The van der Waals surface area contributed by atoms with E-state index in [-0.39, 0.29) is 11.9 Å². The summed E-state index contributed by atoms with van der Waals surface area (Å²) in [4.78, 5) is 14.9. The van der Waals surface area contributed by atoms with E-state index < -0.39 is 5.82 Å². The van der Waals surface area contributed by atoms with E-state index in [1.807, 2.05) is 10.9 Å². The van der Waals surface area contributed by atoms with E-state index in [4.69, 9.17) is 4.74 Å². The van der Waals surface area contributed by atoms with Crippen molar-refractivity contribution >= 4 is 11.6 Å². The van der Waals surface area contributed by atoms with Gasteiger partial charge in [-0.3, -0.25) is 14.4 Å². The summed E-state index contributed by atoms with van der Waals surface area (Å²) in [6.45, 7) is 2.81. The van der Waals surface area contributed by atoms with Crippen molar-refractivity contribution in [2.45, 2.75) is 44.2 Å². The highest BCUT2D eigenvalue weighted by Crippen LogP contribution is 2.32. The first-order valence-electron chi connectivity index (χ1n) is 10.5. The summed E-state index contributed by atoms with van der Waals surface area (Å²) in [6, 6.07) is 6.34. The number of hydrogen-bond acceptors (Lipinski definition) is 4. The number of likely N-dealkylation sites (tertiary alicyclic amines) is 1. The number of hydrogen-bond donors (Lipinski definition) is 1. The number of nitrogens with one attached hydrogen (secondary N) is 1. The molecule has 29 heavy (non-hydrogen) atoms. The number of halogens is 1. The quantitative estimate of drug-likeness (QED) is 0.769. The van der Waals surface area contributed by atoms with Crippen LogP contribution in [0.1, 0.15) is 48.5 Å². The number of amides is 1. The number of benzene rings is 1. The first-order valence-corrected chi connectivity index (χ1v) is 10.5. The van der Waals surface area contributed by atoms with Crippen LogP contribution in [-0.2, 0) is 4.74 Å². The molecular formula is C22H29FN4O2. The molecule has 156 valence electrons. The van der Waals surface area contributed by atoms with Crippen LogP contribution in [0, 0.1) is 11.7 Å². The molecule has 0 unspecified atom stereocenters. The molecule has 4 rings (SSSR count). The van der Waals surface area contributed by atoms with Gasteiger partial charge < -0.3 is 10.1 Å². The molecule has 6 nitrogen and oxygen atoms in total. The van der Waals surface area contributed by atoms with Crippen molar-refractivity contribution in [2.24, 2.45) is 5.92 Å². The van der Waals surface area contributed by atoms with Crippen LogP contribution >= 0.6 is 0 Å². The van der Waals surface area contributed by atoms with Crippen LogP contribution in [0.2, 0.25) is 0 Å². The third-order valence-electron chi connectivity index (χ3n) is 6.15.